The average molecular weight is 242 g/mol. The van der Waals surface area contributed by atoms with E-state index in [4.69, 9.17) is 11.6 Å². The lowest BCUT2D eigenvalue weighted by Gasteiger charge is -2.18. The van der Waals surface area contributed by atoms with Crippen molar-refractivity contribution in [1.82, 2.24) is 19.8 Å². The first-order valence-corrected chi connectivity index (χ1v) is 5.31. The van der Waals surface area contributed by atoms with E-state index in [0.29, 0.717) is 18.0 Å². The smallest absolute Gasteiger partial charge is 0.357 e. The molecule has 1 N–H and O–H groups in total. The molecule has 0 spiro atoms. The minimum Gasteiger partial charge on any atom is -0.357 e. The molecule has 0 fully saturated rings. The Labute approximate surface area is 96.8 Å². The minimum absolute atomic E-state index is 0.0172. The molecule has 16 heavy (non-hydrogen) atoms. The number of anilines is 1. The molecular weight excluding hydrogens is 230 g/mol. The molecule has 2 aromatic rings. The largest absolute Gasteiger partial charge is 0.364 e. The number of nitrogens with zero attached hydrogens (tertiary/aromatic N) is 4. The van der Waals surface area contributed by atoms with Gasteiger partial charge in [0.15, 0.2) is 5.65 Å². The fourth-order valence-electron chi connectivity index (χ4n) is 1.47. The summed E-state index contributed by atoms with van der Waals surface area (Å²) < 4.78 is 1.23. The highest BCUT2D eigenvalue weighted by Gasteiger charge is 2.08. The summed E-state index contributed by atoms with van der Waals surface area (Å²) in [6.45, 7) is 2.56. The van der Waals surface area contributed by atoms with Crippen LogP contribution in [0.3, 0.4) is 0 Å². The zero-order chi connectivity index (χ0) is 11.7. The Balaban J connectivity index is 2.38. The van der Waals surface area contributed by atoms with E-state index >= 15 is 0 Å². The maximum atomic E-state index is 11.3. The van der Waals surface area contributed by atoms with Crippen LogP contribution in [-0.4, -0.2) is 38.8 Å². The Morgan fingerprint density at radius 2 is 2.38 bits per heavy atom. The molecule has 0 bridgehead atoms. The van der Waals surface area contributed by atoms with Gasteiger partial charge < -0.3 is 4.90 Å². The molecule has 2 rings (SSSR count). The number of hydrogen-bond donors (Lipinski definition) is 1. The standard InChI is InChI=1S/C9H12ClN5O/c1-6(10)5-14(2)8-4-3-7-11-12-9(16)15(7)13-8/h3-4,6H,5H2,1-2H3,(H,12,16). The van der Waals surface area contributed by atoms with Gasteiger partial charge in [0.1, 0.15) is 5.82 Å². The summed E-state index contributed by atoms with van der Waals surface area (Å²) in [5.41, 5.74) is 0.158. The summed E-state index contributed by atoms with van der Waals surface area (Å²) in [5, 5.41) is 10.3. The molecule has 0 saturated carbocycles. The zero-order valence-electron chi connectivity index (χ0n) is 9.01. The lowest BCUT2D eigenvalue weighted by molar-refractivity contribution is 0.800. The second kappa shape index (κ2) is 4.13. The van der Waals surface area contributed by atoms with Crippen molar-refractivity contribution in [3.63, 3.8) is 0 Å². The normalized spacial score (nSPS) is 12.9. The Bertz CT molecular complexity index is 546. The van der Waals surface area contributed by atoms with Crippen LogP contribution >= 0.6 is 11.6 Å². The van der Waals surface area contributed by atoms with Gasteiger partial charge in [-0.3, -0.25) is 0 Å². The van der Waals surface area contributed by atoms with E-state index < -0.39 is 0 Å². The summed E-state index contributed by atoms with van der Waals surface area (Å²) in [6, 6.07) is 3.53. The molecule has 1 atom stereocenters. The van der Waals surface area contributed by atoms with E-state index in [1.54, 1.807) is 12.1 Å². The number of nitrogens with one attached hydrogen (secondary N) is 1. The van der Waals surface area contributed by atoms with E-state index in [1.165, 1.54) is 4.52 Å². The molecule has 0 aliphatic rings. The van der Waals surface area contributed by atoms with Crippen LogP contribution < -0.4 is 10.6 Å². The summed E-state index contributed by atoms with van der Waals surface area (Å²) in [5.74, 6) is 0.684. The molecule has 6 nitrogen and oxygen atoms in total. The number of H-pyrrole nitrogens is 1. The van der Waals surface area contributed by atoms with Crippen molar-refractivity contribution in [2.24, 2.45) is 0 Å². The van der Waals surface area contributed by atoms with Crippen molar-refractivity contribution in [2.45, 2.75) is 12.3 Å². The first kappa shape index (κ1) is 10.9. The maximum Gasteiger partial charge on any atom is 0.364 e. The van der Waals surface area contributed by atoms with E-state index in [0.717, 1.165) is 0 Å². The fraction of sp³-hybridized carbons (Fsp3) is 0.444. The highest BCUT2D eigenvalue weighted by Crippen LogP contribution is 2.09. The van der Waals surface area contributed by atoms with Crippen molar-refractivity contribution < 1.29 is 0 Å². The third-order valence-corrected chi connectivity index (χ3v) is 2.31. The van der Waals surface area contributed by atoms with Crippen LogP contribution in [0.25, 0.3) is 5.65 Å². The van der Waals surface area contributed by atoms with Crippen molar-refractivity contribution in [1.29, 1.82) is 0 Å². The number of rotatable bonds is 3. The van der Waals surface area contributed by atoms with Crippen LogP contribution in [0.15, 0.2) is 16.9 Å². The second-order valence-corrected chi connectivity index (χ2v) is 4.40. The monoisotopic (exact) mass is 241 g/mol. The van der Waals surface area contributed by atoms with Crippen LogP contribution in [0.5, 0.6) is 0 Å². The number of hydrogen-bond acceptors (Lipinski definition) is 4. The molecule has 7 heteroatoms. The van der Waals surface area contributed by atoms with Crippen LogP contribution in [0.1, 0.15) is 6.92 Å². The molecule has 2 aromatic heterocycles. The van der Waals surface area contributed by atoms with Crippen molar-refractivity contribution in [2.75, 3.05) is 18.5 Å². The topological polar surface area (TPSA) is 66.3 Å². The first-order valence-electron chi connectivity index (χ1n) is 4.87. The molecule has 0 saturated heterocycles. The van der Waals surface area contributed by atoms with E-state index in [2.05, 4.69) is 15.3 Å². The molecule has 1 unspecified atom stereocenters. The van der Waals surface area contributed by atoms with Gasteiger partial charge in [0.2, 0.25) is 0 Å². The third-order valence-electron chi connectivity index (χ3n) is 2.18. The van der Waals surface area contributed by atoms with E-state index in [9.17, 15) is 4.79 Å². The maximum absolute atomic E-state index is 11.3. The van der Waals surface area contributed by atoms with Gasteiger partial charge in [-0.2, -0.15) is 9.61 Å². The molecule has 2 heterocycles. The average Bonchev–Trinajstić information content (AvgIpc) is 2.59. The molecule has 0 radical (unpaired) electrons. The molecule has 0 aliphatic heterocycles. The Morgan fingerprint density at radius 1 is 1.62 bits per heavy atom. The lowest BCUT2D eigenvalue weighted by atomic mass is 10.4. The summed E-state index contributed by atoms with van der Waals surface area (Å²) in [7, 11) is 1.87. The van der Waals surface area contributed by atoms with Crippen LogP contribution in [0, 0.1) is 0 Å². The van der Waals surface area contributed by atoms with Crippen LogP contribution in [0.2, 0.25) is 0 Å². The molecule has 0 aromatic carbocycles. The van der Waals surface area contributed by atoms with Crippen molar-refractivity contribution in [3.8, 4) is 0 Å². The number of aromatic amines is 1. The first-order chi connectivity index (χ1) is 7.58. The van der Waals surface area contributed by atoms with Gasteiger partial charge in [-0.1, -0.05) is 0 Å². The quantitative estimate of drug-likeness (QED) is 0.794. The Kier molecular flexibility index (Phi) is 2.82. The SMILES string of the molecule is CC(Cl)CN(C)c1ccc2n[nH]c(=O)n2n1. The number of fused-ring (bicyclic) bond motifs is 1. The number of halogens is 1. The zero-order valence-corrected chi connectivity index (χ0v) is 9.77. The molecule has 86 valence electrons. The lowest BCUT2D eigenvalue weighted by Crippen LogP contribution is -2.26. The predicted molar refractivity (Wildman–Crippen MR) is 62.2 cm³/mol. The van der Waals surface area contributed by atoms with Gasteiger partial charge in [0, 0.05) is 19.0 Å². The number of alkyl halides is 1. The second-order valence-electron chi connectivity index (χ2n) is 3.65. The number of aromatic nitrogens is 4. The van der Waals surface area contributed by atoms with Gasteiger partial charge in [-0.15, -0.1) is 16.7 Å². The Hall–Kier alpha value is -1.56. The highest BCUT2D eigenvalue weighted by molar-refractivity contribution is 6.20. The van der Waals surface area contributed by atoms with E-state index in [-0.39, 0.29) is 11.1 Å². The van der Waals surface area contributed by atoms with Crippen LogP contribution in [0.4, 0.5) is 5.82 Å². The summed E-state index contributed by atoms with van der Waals surface area (Å²) in [4.78, 5) is 13.2. The fourth-order valence-corrected chi connectivity index (χ4v) is 1.67. The van der Waals surface area contributed by atoms with Crippen molar-refractivity contribution >= 4 is 23.1 Å². The van der Waals surface area contributed by atoms with Gasteiger partial charge in [-0.05, 0) is 19.1 Å². The van der Waals surface area contributed by atoms with Crippen molar-refractivity contribution in [3.05, 3.63) is 22.6 Å². The van der Waals surface area contributed by atoms with Gasteiger partial charge in [0.05, 0.1) is 0 Å². The molecule has 0 amide bonds. The highest BCUT2D eigenvalue weighted by atomic mass is 35.5. The summed E-state index contributed by atoms with van der Waals surface area (Å²) >= 11 is 5.89. The van der Waals surface area contributed by atoms with Gasteiger partial charge in [0.25, 0.3) is 0 Å². The third kappa shape index (κ3) is 2.01. The Morgan fingerprint density at radius 3 is 3.06 bits per heavy atom. The van der Waals surface area contributed by atoms with E-state index in [1.807, 2.05) is 18.9 Å². The molecular formula is C9H12ClN5O. The predicted octanol–water partition coefficient (Wildman–Crippen LogP) is 0.481. The summed E-state index contributed by atoms with van der Waals surface area (Å²) in [6.07, 6.45) is 0. The van der Waals surface area contributed by atoms with Gasteiger partial charge >= 0.3 is 5.69 Å². The molecule has 0 aliphatic carbocycles. The van der Waals surface area contributed by atoms with Crippen LogP contribution in [-0.2, 0) is 0 Å². The van der Waals surface area contributed by atoms with Gasteiger partial charge in [-0.25, -0.2) is 9.89 Å². The minimum atomic E-state index is -0.343.